The van der Waals surface area contributed by atoms with E-state index in [0.29, 0.717) is 24.3 Å². The van der Waals surface area contributed by atoms with Gasteiger partial charge >= 0.3 is 0 Å². The minimum atomic E-state index is 0.472. The standard InChI is InChI=1S/C17H27NO/c1-11(2)15-8-7-14(9-18-10-19)16(12(3)4)17(15)13(5)6/h7-8,10-13H,9H2,1-6H3,(H,18,19). The highest BCUT2D eigenvalue weighted by Gasteiger charge is 2.19. The van der Waals surface area contributed by atoms with Gasteiger partial charge in [-0.05, 0) is 40.0 Å². The summed E-state index contributed by atoms with van der Waals surface area (Å²) in [5.74, 6) is 1.51. The molecule has 2 nitrogen and oxygen atoms in total. The highest BCUT2D eigenvalue weighted by molar-refractivity contribution is 5.49. The Bertz CT molecular complexity index is 433. The molecule has 2 heteroatoms. The van der Waals surface area contributed by atoms with Gasteiger partial charge in [0.1, 0.15) is 0 Å². The van der Waals surface area contributed by atoms with E-state index in [2.05, 4.69) is 59.0 Å². The maximum Gasteiger partial charge on any atom is 0.207 e. The van der Waals surface area contributed by atoms with E-state index < -0.39 is 0 Å². The van der Waals surface area contributed by atoms with Crippen molar-refractivity contribution in [2.75, 3.05) is 0 Å². The van der Waals surface area contributed by atoms with Crippen molar-refractivity contribution in [2.24, 2.45) is 0 Å². The Kier molecular flexibility index (Phi) is 5.59. The number of nitrogens with one attached hydrogen (secondary N) is 1. The van der Waals surface area contributed by atoms with Crippen LogP contribution >= 0.6 is 0 Å². The molecule has 0 aromatic heterocycles. The average Bonchev–Trinajstić information content (AvgIpc) is 2.34. The topological polar surface area (TPSA) is 29.1 Å². The van der Waals surface area contributed by atoms with E-state index in [0.717, 1.165) is 6.41 Å². The van der Waals surface area contributed by atoms with E-state index in [1.807, 2.05) is 0 Å². The highest BCUT2D eigenvalue weighted by atomic mass is 16.1. The number of hydrogen-bond acceptors (Lipinski definition) is 1. The second-order valence-electron chi connectivity index (χ2n) is 6.10. The molecule has 0 saturated carbocycles. The minimum absolute atomic E-state index is 0.472. The lowest BCUT2D eigenvalue weighted by Crippen LogP contribution is -2.15. The van der Waals surface area contributed by atoms with Gasteiger partial charge < -0.3 is 5.32 Å². The second kappa shape index (κ2) is 6.74. The van der Waals surface area contributed by atoms with Crippen molar-refractivity contribution >= 4 is 6.41 Å². The predicted molar refractivity (Wildman–Crippen MR) is 81.6 cm³/mol. The summed E-state index contributed by atoms with van der Waals surface area (Å²) in [7, 11) is 0. The molecule has 0 atom stereocenters. The summed E-state index contributed by atoms with van der Waals surface area (Å²) in [6, 6.07) is 4.40. The van der Waals surface area contributed by atoms with Crippen molar-refractivity contribution in [3.63, 3.8) is 0 Å². The van der Waals surface area contributed by atoms with Gasteiger partial charge in [-0.2, -0.15) is 0 Å². The molecule has 0 saturated heterocycles. The molecule has 0 fully saturated rings. The lowest BCUT2D eigenvalue weighted by atomic mass is 9.81. The predicted octanol–water partition coefficient (Wildman–Crippen LogP) is 4.30. The smallest absolute Gasteiger partial charge is 0.207 e. The average molecular weight is 261 g/mol. The number of rotatable bonds is 6. The molecule has 0 bridgehead atoms. The molecule has 0 aliphatic heterocycles. The Morgan fingerprint density at radius 1 is 0.947 bits per heavy atom. The van der Waals surface area contributed by atoms with Crippen LogP contribution < -0.4 is 5.32 Å². The highest BCUT2D eigenvalue weighted by Crippen LogP contribution is 2.35. The fourth-order valence-corrected chi connectivity index (χ4v) is 2.83. The molecular formula is C17H27NO. The fraction of sp³-hybridized carbons (Fsp3) is 0.588. The molecule has 0 aliphatic carbocycles. The number of carbonyl (C=O) groups is 1. The van der Waals surface area contributed by atoms with Gasteiger partial charge in [0.15, 0.2) is 0 Å². The monoisotopic (exact) mass is 261 g/mol. The Morgan fingerprint density at radius 2 is 1.53 bits per heavy atom. The maximum atomic E-state index is 10.5. The largest absolute Gasteiger partial charge is 0.355 e. The van der Waals surface area contributed by atoms with Crippen LogP contribution in [-0.4, -0.2) is 6.41 Å². The molecular weight excluding hydrogens is 234 g/mol. The van der Waals surface area contributed by atoms with Gasteiger partial charge in [0.05, 0.1) is 0 Å². The van der Waals surface area contributed by atoms with Crippen LogP contribution in [0.15, 0.2) is 12.1 Å². The molecule has 0 radical (unpaired) electrons. The van der Waals surface area contributed by atoms with Crippen LogP contribution in [0, 0.1) is 0 Å². The van der Waals surface area contributed by atoms with Crippen molar-refractivity contribution in [3.05, 3.63) is 34.4 Å². The van der Waals surface area contributed by atoms with Crippen LogP contribution in [0.2, 0.25) is 0 Å². The zero-order valence-corrected chi connectivity index (χ0v) is 13.1. The summed E-state index contributed by atoms with van der Waals surface area (Å²) in [6.45, 7) is 14.1. The van der Waals surface area contributed by atoms with Gasteiger partial charge in [0.25, 0.3) is 0 Å². The van der Waals surface area contributed by atoms with E-state index >= 15 is 0 Å². The lowest BCUT2D eigenvalue weighted by Gasteiger charge is -2.25. The van der Waals surface area contributed by atoms with Crippen molar-refractivity contribution < 1.29 is 4.79 Å². The quantitative estimate of drug-likeness (QED) is 0.760. The number of carbonyl (C=O) groups excluding carboxylic acids is 1. The molecule has 1 amide bonds. The number of benzene rings is 1. The number of amides is 1. The van der Waals surface area contributed by atoms with Gasteiger partial charge in [-0.15, -0.1) is 0 Å². The normalized spacial score (nSPS) is 11.4. The van der Waals surface area contributed by atoms with Crippen molar-refractivity contribution in [2.45, 2.75) is 65.8 Å². The molecule has 1 rings (SSSR count). The molecule has 19 heavy (non-hydrogen) atoms. The molecule has 0 heterocycles. The van der Waals surface area contributed by atoms with Crippen molar-refractivity contribution in [1.29, 1.82) is 0 Å². The molecule has 106 valence electrons. The Morgan fingerprint density at radius 3 is 1.95 bits per heavy atom. The summed E-state index contributed by atoms with van der Waals surface area (Å²) in [4.78, 5) is 10.5. The van der Waals surface area contributed by atoms with Crippen LogP contribution in [-0.2, 0) is 11.3 Å². The van der Waals surface area contributed by atoms with Crippen LogP contribution in [0.5, 0.6) is 0 Å². The summed E-state index contributed by atoms with van der Waals surface area (Å²) in [5, 5.41) is 2.79. The van der Waals surface area contributed by atoms with Crippen molar-refractivity contribution in [1.82, 2.24) is 5.32 Å². The first-order valence-electron chi connectivity index (χ1n) is 7.22. The van der Waals surface area contributed by atoms with Gasteiger partial charge in [-0.1, -0.05) is 53.7 Å². The van der Waals surface area contributed by atoms with E-state index in [9.17, 15) is 4.79 Å². The van der Waals surface area contributed by atoms with E-state index in [1.54, 1.807) is 0 Å². The third kappa shape index (κ3) is 3.59. The molecule has 1 aromatic rings. The first-order valence-corrected chi connectivity index (χ1v) is 7.22. The van der Waals surface area contributed by atoms with Gasteiger partial charge in [0, 0.05) is 6.54 Å². The van der Waals surface area contributed by atoms with Gasteiger partial charge in [-0.25, -0.2) is 0 Å². The number of hydrogen-bond donors (Lipinski definition) is 1. The molecule has 1 aromatic carbocycles. The van der Waals surface area contributed by atoms with Crippen LogP contribution in [0.25, 0.3) is 0 Å². The maximum absolute atomic E-state index is 10.5. The Balaban J connectivity index is 3.44. The van der Waals surface area contributed by atoms with E-state index in [-0.39, 0.29) is 0 Å². The van der Waals surface area contributed by atoms with Gasteiger partial charge in [0.2, 0.25) is 6.41 Å². The first-order chi connectivity index (χ1) is 8.90. The Labute approximate surface area is 117 Å². The second-order valence-corrected chi connectivity index (χ2v) is 6.10. The summed E-state index contributed by atoms with van der Waals surface area (Å²) in [5.41, 5.74) is 5.56. The zero-order chi connectivity index (χ0) is 14.6. The van der Waals surface area contributed by atoms with Crippen LogP contribution in [0.1, 0.15) is 81.5 Å². The van der Waals surface area contributed by atoms with Crippen molar-refractivity contribution in [3.8, 4) is 0 Å². The third-order valence-corrected chi connectivity index (χ3v) is 3.56. The van der Waals surface area contributed by atoms with Gasteiger partial charge in [-0.3, -0.25) is 4.79 Å². The minimum Gasteiger partial charge on any atom is -0.355 e. The zero-order valence-electron chi connectivity index (χ0n) is 13.1. The van der Waals surface area contributed by atoms with E-state index in [4.69, 9.17) is 0 Å². The fourth-order valence-electron chi connectivity index (χ4n) is 2.83. The van der Waals surface area contributed by atoms with Crippen LogP contribution in [0.4, 0.5) is 0 Å². The van der Waals surface area contributed by atoms with Crippen LogP contribution in [0.3, 0.4) is 0 Å². The lowest BCUT2D eigenvalue weighted by molar-refractivity contribution is -0.109. The first kappa shape index (κ1) is 15.7. The SMILES string of the molecule is CC(C)c1ccc(CNC=O)c(C(C)C)c1C(C)C. The summed E-state index contributed by atoms with van der Waals surface area (Å²) in [6.07, 6.45) is 0.773. The summed E-state index contributed by atoms with van der Waals surface area (Å²) < 4.78 is 0. The third-order valence-electron chi connectivity index (χ3n) is 3.56. The molecule has 0 aliphatic rings. The molecule has 0 spiro atoms. The Hall–Kier alpha value is -1.31. The summed E-state index contributed by atoms with van der Waals surface area (Å²) >= 11 is 0. The van der Waals surface area contributed by atoms with E-state index in [1.165, 1.54) is 22.3 Å². The molecule has 0 unspecified atom stereocenters. The molecule has 1 N–H and O–H groups in total.